The summed E-state index contributed by atoms with van der Waals surface area (Å²) in [6.45, 7) is 2.99. The molecule has 1 aromatic heterocycles. The maximum atomic E-state index is 12.6. The zero-order valence-electron chi connectivity index (χ0n) is 11.8. The van der Waals surface area contributed by atoms with Crippen LogP contribution in [0, 0.1) is 5.92 Å². The predicted octanol–water partition coefficient (Wildman–Crippen LogP) is 2.82. The Morgan fingerprint density at radius 1 is 1.38 bits per heavy atom. The second-order valence-electron chi connectivity index (χ2n) is 4.94. The van der Waals surface area contributed by atoms with Gasteiger partial charge in [0.1, 0.15) is 19.0 Å². The number of nitrogens with zero attached hydrogens (tertiary/aromatic N) is 2. The van der Waals surface area contributed by atoms with E-state index in [-0.39, 0.29) is 23.4 Å². The minimum absolute atomic E-state index is 0.0525. The predicted molar refractivity (Wildman–Crippen MR) is 63.2 cm³/mol. The Bertz CT molecular complexity index is 477. The minimum atomic E-state index is -4.23. The van der Waals surface area contributed by atoms with Crippen molar-refractivity contribution < 1.29 is 31.6 Å². The first-order chi connectivity index (χ1) is 9.65. The molecule has 0 saturated heterocycles. The van der Waals surface area contributed by atoms with Crippen molar-refractivity contribution in [3.8, 4) is 0 Å². The summed E-state index contributed by atoms with van der Waals surface area (Å²) in [6, 6.07) is 0. The number of hydrogen-bond donors (Lipinski definition) is 0. The van der Waals surface area contributed by atoms with Crippen LogP contribution in [0.2, 0.25) is 0 Å². The van der Waals surface area contributed by atoms with Gasteiger partial charge in [-0.05, 0) is 12.8 Å². The highest BCUT2D eigenvalue weighted by Crippen LogP contribution is 2.25. The second kappa shape index (κ2) is 6.97. The summed E-state index contributed by atoms with van der Waals surface area (Å²) < 4.78 is 58.4. The maximum absolute atomic E-state index is 12.6. The van der Waals surface area contributed by atoms with Crippen molar-refractivity contribution in [3.63, 3.8) is 0 Å². The molecule has 0 aromatic carbocycles. The van der Waals surface area contributed by atoms with Crippen LogP contribution in [0.15, 0.2) is 4.52 Å². The molecule has 0 aliphatic carbocycles. The Balaban J connectivity index is 2.62. The molecule has 1 atom stereocenters. The monoisotopic (exact) mass is 312 g/mol. The van der Waals surface area contributed by atoms with Crippen LogP contribution in [0.5, 0.6) is 0 Å². The van der Waals surface area contributed by atoms with E-state index in [4.69, 9.17) is 4.52 Å². The van der Waals surface area contributed by atoms with Crippen LogP contribution < -0.4 is 0 Å². The topological polar surface area (TPSA) is 65.2 Å². The first kappa shape index (κ1) is 17.5. The third-order valence-corrected chi connectivity index (χ3v) is 2.70. The Hall–Kier alpha value is -1.51. The molecule has 1 heterocycles. The van der Waals surface area contributed by atoms with Crippen LogP contribution in [-0.4, -0.2) is 34.9 Å². The molecule has 1 rings (SSSR count). The zero-order valence-corrected chi connectivity index (χ0v) is 11.8. The molecule has 0 aliphatic rings. The summed E-state index contributed by atoms with van der Waals surface area (Å²) in [5, 5.41) is 3.47. The Morgan fingerprint density at radius 2 is 2.00 bits per heavy atom. The molecule has 0 amide bonds. The molecule has 1 unspecified atom stereocenters. The first-order valence-electron chi connectivity index (χ1n) is 6.21. The number of halogens is 4. The molecule has 0 saturated carbocycles. The quantitative estimate of drug-likeness (QED) is 0.691. The van der Waals surface area contributed by atoms with Gasteiger partial charge < -0.3 is 9.26 Å². The number of rotatable bonds is 8. The number of ether oxygens (including phenoxy) is 1. The molecule has 5 nitrogen and oxygen atoms in total. The maximum Gasteiger partial charge on any atom is 0.330 e. The van der Waals surface area contributed by atoms with E-state index in [0.29, 0.717) is 0 Å². The molecular formula is C12H16F4N2O3. The molecule has 0 fully saturated rings. The van der Waals surface area contributed by atoms with Crippen LogP contribution in [0.25, 0.3) is 0 Å². The van der Waals surface area contributed by atoms with E-state index in [1.54, 1.807) is 13.8 Å². The van der Waals surface area contributed by atoms with E-state index in [1.165, 1.54) is 6.92 Å². The van der Waals surface area contributed by atoms with E-state index in [2.05, 4.69) is 14.9 Å². The fourth-order valence-electron chi connectivity index (χ4n) is 1.72. The zero-order chi connectivity index (χ0) is 16.2. The minimum Gasteiger partial charge on any atom is -0.367 e. The Morgan fingerprint density at radius 3 is 2.48 bits per heavy atom. The average molecular weight is 312 g/mol. The molecule has 1 aromatic rings. The van der Waals surface area contributed by atoms with Crippen LogP contribution in [-0.2, 0) is 16.1 Å². The van der Waals surface area contributed by atoms with Crippen molar-refractivity contribution in [2.75, 3.05) is 6.61 Å². The number of Topliss-reactive ketones (excluding diaryl/α,β-unsaturated/α-hetero) is 1. The van der Waals surface area contributed by atoms with Gasteiger partial charge in [0.25, 0.3) is 0 Å². The number of ketones is 1. The largest absolute Gasteiger partial charge is 0.367 e. The summed E-state index contributed by atoms with van der Waals surface area (Å²) in [5.74, 6) is -5.12. The van der Waals surface area contributed by atoms with Gasteiger partial charge in [-0.3, -0.25) is 4.79 Å². The summed E-state index contributed by atoms with van der Waals surface area (Å²) in [4.78, 5) is 15.3. The third kappa shape index (κ3) is 4.76. The molecule has 21 heavy (non-hydrogen) atoms. The molecule has 0 bridgehead atoms. The van der Waals surface area contributed by atoms with Gasteiger partial charge in [0.15, 0.2) is 5.82 Å². The number of carbonyl (C=O) groups is 1. The molecule has 0 N–H and O–H groups in total. The van der Waals surface area contributed by atoms with Gasteiger partial charge in [-0.1, -0.05) is 19.0 Å². The summed E-state index contributed by atoms with van der Waals surface area (Å²) in [5.41, 5.74) is 0. The molecule has 9 heteroatoms. The van der Waals surface area contributed by atoms with Crippen LogP contribution in [0.4, 0.5) is 17.6 Å². The van der Waals surface area contributed by atoms with Crippen LogP contribution in [0.3, 0.4) is 0 Å². The van der Waals surface area contributed by atoms with Gasteiger partial charge >= 0.3 is 12.3 Å². The SMILES string of the molecule is CC(=O)C(c1nc(COCC(F)(F)C(F)F)no1)C(C)C. The van der Waals surface area contributed by atoms with Gasteiger partial charge in [-0.2, -0.15) is 13.8 Å². The van der Waals surface area contributed by atoms with E-state index in [0.717, 1.165) is 0 Å². The fourth-order valence-corrected chi connectivity index (χ4v) is 1.72. The lowest BCUT2D eigenvalue weighted by molar-refractivity contribution is -0.168. The van der Waals surface area contributed by atoms with Gasteiger partial charge in [0.05, 0.1) is 5.92 Å². The van der Waals surface area contributed by atoms with E-state index in [1.807, 2.05) is 0 Å². The van der Waals surface area contributed by atoms with Crippen molar-refractivity contribution in [2.45, 2.75) is 45.6 Å². The fraction of sp³-hybridized carbons (Fsp3) is 0.750. The Labute approximate surface area is 118 Å². The Kier molecular flexibility index (Phi) is 5.82. The van der Waals surface area contributed by atoms with Crippen molar-refractivity contribution in [1.82, 2.24) is 10.1 Å². The summed E-state index contributed by atoms with van der Waals surface area (Å²) >= 11 is 0. The van der Waals surface area contributed by atoms with Crippen molar-refractivity contribution in [1.29, 1.82) is 0 Å². The van der Waals surface area contributed by atoms with E-state index < -0.39 is 31.5 Å². The van der Waals surface area contributed by atoms with E-state index >= 15 is 0 Å². The first-order valence-corrected chi connectivity index (χ1v) is 6.21. The third-order valence-electron chi connectivity index (χ3n) is 2.70. The number of alkyl halides is 4. The highest BCUT2D eigenvalue weighted by atomic mass is 19.3. The lowest BCUT2D eigenvalue weighted by Gasteiger charge is -2.14. The second-order valence-corrected chi connectivity index (χ2v) is 4.94. The van der Waals surface area contributed by atoms with Gasteiger partial charge in [0.2, 0.25) is 5.89 Å². The highest BCUT2D eigenvalue weighted by Gasteiger charge is 2.41. The van der Waals surface area contributed by atoms with Crippen LogP contribution in [0.1, 0.15) is 38.4 Å². The van der Waals surface area contributed by atoms with E-state index in [9.17, 15) is 22.4 Å². The molecular weight excluding hydrogens is 296 g/mol. The lowest BCUT2D eigenvalue weighted by Crippen LogP contribution is -2.32. The van der Waals surface area contributed by atoms with Gasteiger partial charge in [-0.25, -0.2) is 8.78 Å². The van der Waals surface area contributed by atoms with Gasteiger partial charge in [0, 0.05) is 0 Å². The standard InChI is InChI=1S/C12H16F4N2O3/c1-6(2)9(7(3)19)10-17-8(18-21-10)4-20-5-12(15,16)11(13)14/h6,9,11H,4-5H2,1-3H3. The molecule has 0 spiro atoms. The molecule has 120 valence electrons. The normalized spacial score (nSPS) is 14.0. The van der Waals surface area contributed by atoms with Gasteiger partial charge in [-0.15, -0.1) is 0 Å². The van der Waals surface area contributed by atoms with Crippen molar-refractivity contribution in [3.05, 3.63) is 11.7 Å². The smallest absolute Gasteiger partial charge is 0.330 e. The van der Waals surface area contributed by atoms with Crippen molar-refractivity contribution >= 4 is 5.78 Å². The number of aromatic nitrogens is 2. The molecule has 0 radical (unpaired) electrons. The lowest BCUT2D eigenvalue weighted by atomic mass is 9.92. The molecule has 0 aliphatic heterocycles. The van der Waals surface area contributed by atoms with Crippen LogP contribution >= 0.6 is 0 Å². The summed E-state index contributed by atoms with van der Waals surface area (Å²) in [6.07, 6.45) is -3.80. The number of carbonyl (C=O) groups excluding carboxylic acids is 1. The summed E-state index contributed by atoms with van der Waals surface area (Å²) in [7, 11) is 0. The van der Waals surface area contributed by atoms with Crippen molar-refractivity contribution in [2.24, 2.45) is 5.92 Å². The highest BCUT2D eigenvalue weighted by molar-refractivity contribution is 5.82. The average Bonchev–Trinajstić information content (AvgIpc) is 2.76. The number of hydrogen-bond acceptors (Lipinski definition) is 5.